The van der Waals surface area contributed by atoms with E-state index in [1.165, 1.54) is 0 Å². The second-order valence-corrected chi connectivity index (χ2v) is 6.25. The van der Waals surface area contributed by atoms with Crippen LogP contribution in [0.25, 0.3) is 0 Å². The lowest BCUT2D eigenvalue weighted by Gasteiger charge is -2.34. The summed E-state index contributed by atoms with van der Waals surface area (Å²) in [4.78, 5) is 2.26. The largest absolute Gasteiger partial charge is 0.467 e. The highest BCUT2D eigenvalue weighted by molar-refractivity contribution is 9.10. The Balaban J connectivity index is 0.00000176. The van der Waals surface area contributed by atoms with E-state index in [9.17, 15) is 4.39 Å². The van der Waals surface area contributed by atoms with Crippen LogP contribution in [0.3, 0.4) is 0 Å². The van der Waals surface area contributed by atoms with E-state index in [4.69, 9.17) is 4.42 Å². The van der Waals surface area contributed by atoms with Gasteiger partial charge in [-0.3, -0.25) is 4.90 Å². The number of rotatable bonds is 3. The maximum Gasteiger partial charge on any atom is 0.131 e. The van der Waals surface area contributed by atoms with Gasteiger partial charge in [-0.05, 0) is 36.8 Å². The van der Waals surface area contributed by atoms with Gasteiger partial charge in [-0.2, -0.15) is 0 Å². The lowest BCUT2D eigenvalue weighted by atomic mass is 9.99. The summed E-state index contributed by atoms with van der Waals surface area (Å²) in [5.41, 5.74) is 1.31. The van der Waals surface area contributed by atoms with Crippen LogP contribution in [0, 0.1) is 12.7 Å². The van der Waals surface area contributed by atoms with Gasteiger partial charge in [0.15, 0.2) is 0 Å². The molecule has 22 heavy (non-hydrogen) atoms. The van der Waals surface area contributed by atoms with E-state index < -0.39 is 0 Å². The molecule has 1 aliphatic heterocycles. The van der Waals surface area contributed by atoms with Gasteiger partial charge in [0.25, 0.3) is 0 Å². The molecule has 2 aromatic rings. The van der Waals surface area contributed by atoms with Crippen LogP contribution >= 0.6 is 28.3 Å². The van der Waals surface area contributed by atoms with Crippen molar-refractivity contribution in [3.8, 4) is 0 Å². The summed E-state index contributed by atoms with van der Waals surface area (Å²) in [5, 5.41) is 3.33. The Morgan fingerprint density at radius 1 is 1.32 bits per heavy atom. The Morgan fingerprint density at radius 3 is 2.68 bits per heavy atom. The first-order valence-electron chi connectivity index (χ1n) is 7.10. The van der Waals surface area contributed by atoms with Crippen LogP contribution in [0.5, 0.6) is 0 Å². The zero-order chi connectivity index (χ0) is 14.8. The standard InChI is InChI=1S/C16H18BrFN2O.ClH/c1-11-9-12(17)10-13(15(11)18)16(14-3-2-8-21-14)20-6-4-19-5-7-20;/h2-3,8-10,16,19H,4-7H2,1H3;1H/t16-;/m1./s1. The highest BCUT2D eigenvalue weighted by atomic mass is 79.9. The molecule has 0 spiro atoms. The summed E-state index contributed by atoms with van der Waals surface area (Å²) in [7, 11) is 0. The maximum absolute atomic E-state index is 14.7. The molecule has 1 fully saturated rings. The van der Waals surface area contributed by atoms with Crippen molar-refractivity contribution < 1.29 is 8.81 Å². The third-order valence-corrected chi connectivity index (χ3v) is 4.33. The van der Waals surface area contributed by atoms with E-state index in [0.29, 0.717) is 11.1 Å². The molecule has 2 heterocycles. The topological polar surface area (TPSA) is 28.4 Å². The molecule has 0 saturated carbocycles. The maximum atomic E-state index is 14.7. The monoisotopic (exact) mass is 388 g/mol. The second kappa shape index (κ2) is 7.59. The summed E-state index contributed by atoms with van der Waals surface area (Å²) in [6.45, 7) is 5.35. The fraction of sp³-hybridized carbons (Fsp3) is 0.375. The van der Waals surface area contributed by atoms with Crippen LogP contribution in [-0.2, 0) is 0 Å². The summed E-state index contributed by atoms with van der Waals surface area (Å²) in [6.07, 6.45) is 1.65. The van der Waals surface area contributed by atoms with E-state index in [0.717, 1.165) is 36.4 Å². The quantitative estimate of drug-likeness (QED) is 0.863. The van der Waals surface area contributed by atoms with Gasteiger partial charge in [0.05, 0.1) is 12.3 Å². The number of nitrogens with zero attached hydrogens (tertiary/aromatic N) is 1. The van der Waals surface area contributed by atoms with E-state index in [1.54, 1.807) is 19.3 Å². The number of hydrogen-bond acceptors (Lipinski definition) is 3. The number of aryl methyl sites for hydroxylation is 1. The van der Waals surface area contributed by atoms with Crippen LogP contribution in [0.4, 0.5) is 4.39 Å². The molecule has 1 aromatic carbocycles. The van der Waals surface area contributed by atoms with Crippen LogP contribution < -0.4 is 5.32 Å². The van der Waals surface area contributed by atoms with Gasteiger partial charge >= 0.3 is 0 Å². The lowest BCUT2D eigenvalue weighted by molar-refractivity contribution is 0.177. The summed E-state index contributed by atoms with van der Waals surface area (Å²) >= 11 is 3.47. The molecule has 0 radical (unpaired) electrons. The zero-order valence-corrected chi connectivity index (χ0v) is 14.7. The average Bonchev–Trinajstić information content (AvgIpc) is 2.99. The van der Waals surface area contributed by atoms with Gasteiger partial charge in [0.1, 0.15) is 11.6 Å². The Bertz CT molecular complexity index is 615. The lowest BCUT2D eigenvalue weighted by Crippen LogP contribution is -2.45. The van der Waals surface area contributed by atoms with E-state index >= 15 is 0 Å². The summed E-state index contributed by atoms with van der Waals surface area (Å²) in [6, 6.07) is 7.25. The molecule has 1 saturated heterocycles. The Labute approximate surface area is 144 Å². The van der Waals surface area contributed by atoms with Crippen LogP contribution in [-0.4, -0.2) is 31.1 Å². The molecule has 1 N–H and O–H groups in total. The Morgan fingerprint density at radius 2 is 2.05 bits per heavy atom. The van der Waals surface area contributed by atoms with Crippen molar-refractivity contribution in [1.82, 2.24) is 10.2 Å². The third-order valence-electron chi connectivity index (χ3n) is 3.87. The molecule has 1 atom stereocenters. The summed E-state index contributed by atoms with van der Waals surface area (Å²) in [5.74, 6) is 0.631. The second-order valence-electron chi connectivity index (χ2n) is 5.33. The number of hydrogen-bond donors (Lipinski definition) is 1. The molecule has 0 bridgehead atoms. The molecule has 0 aliphatic carbocycles. The third kappa shape index (κ3) is 3.54. The minimum Gasteiger partial charge on any atom is -0.467 e. The first-order valence-corrected chi connectivity index (χ1v) is 7.90. The molecular formula is C16H19BrClFN2O. The first kappa shape index (κ1) is 17.5. The minimum atomic E-state index is -0.182. The minimum absolute atomic E-state index is 0. The SMILES string of the molecule is Cc1cc(Br)cc([C@H](c2ccco2)N2CCNCC2)c1F.Cl. The van der Waals surface area contributed by atoms with Gasteiger partial charge in [-0.15, -0.1) is 12.4 Å². The van der Waals surface area contributed by atoms with Crippen LogP contribution in [0.2, 0.25) is 0 Å². The van der Waals surface area contributed by atoms with Crippen molar-refractivity contribution in [3.63, 3.8) is 0 Å². The van der Waals surface area contributed by atoms with Crippen molar-refractivity contribution in [3.05, 3.63) is 57.7 Å². The number of nitrogens with one attached hydrogen (secondary N) is 1. The van der Waals surface area contributed by atoms with Crippen molar-refractivity contribution in [1.29, 1.82) is 0 Å². The van der Waals surface area contributed by atoms with E-state index in [-0.39, 0.29) is 24.3 Å². The van der Waals surface area contributed by atoms with E-state index in [2.05, 4.69) is 26.1 Å². The van der Waals surface area contributed by atoms with Gasteiger partial charge in [0.2, 0.25) is 0 Å². The highest BCUT2D eigenvalue weighted by Gasteiger charge is 2.29. The highest BCUT2D eigenvalue weighted by Crippen LogP contribution is 2.34. The molecule has 3 rings (SSSR count). The van der Waals surface area contributed by atoms with Crippen molar-refractivity contribution >= 4 is 28.3 Å². The Hall–Kier alpha value is -0.880. The van der Waals surface area contributed by atoms with Crippen molar-refractivity contribution in [2.24, 2.45) is 0 Å². The van der Waals surface area contributed by atoms with E-state index in [1.807, 2.05) is 18.2 Å². The molecule has 6 heteroatoms. The van der Waals surface area contributed by atoms with Crippen LogP contribution in [0.15, 0.2) is 39.4 Å². The fourth-order valence-electron chi connectivity index (χ4n) is 2.87. The number of piperazine rings is 1. The van der Waals surface area contributed by atoms with Crippen molar-refractivity contribution in [2.45, 2.75) is 13.0 Å². The predicted octanol–water partition coefficient (Wildman–Crippen LogP) is 3.91. The fourth-order valence-corrected chi connectivity index (χ4v) is 3.46. The normalized spacial score (nSPS) is 17.0. The van der Waals surface area contributed by atoms with Crippen LogP contribution in [0.1, 0.15) is 22.9 Å². The van der Waals surface area contributed by atoms with Gasteiger partial charge in [-0.25, -0.2) is 4.39 Å². The molecule has 1 aromatic heterocycles. The molecule has 120 valence electrons. The predicted molar refractivity (Wildman–Crippen MR) is 91.1 cm³/mol. The van der Waals surface area contributed by atoms with Crippen molar-refractivity contribution in [2.75, 3.05) is 26.2 Å². The van der Waals surface area contributed by atoms with Gasteiger partial charge in [0, 0.05) is 36.2 Å². The number of benzene rings is 1. The molecule has 3 nitrogen and oxygen atoms in total. The number of furan rings is 1. The van der Waals surface area contributed by atoms with Gasteiger partial charge < -0.3 is 9.73 Å². The molecule has 0 unspecified atom stereocenters. The molecular weight excluding hydrogens is 371 g/mol. The van der Waals surface area contributed by atoms with Gasteiger partial charge in [-0.1, -0.05) is 15.9 Å². The first-order chi connectivity index (χ1) is 10.2. The summed E-state index contributed by atoms with van der Waals surface area (Å²) < 4.78 is 21.2. The average molecular weight is 390 g/mol. The number of halogens is 3. The Kier molecular flexibility index (Phi) is 6.03. The zero-order valence-electron chi connectivity index (χ0n) is 12.3. The molecule has 0 amide bonds. The molecule has 1 aliphatic rings. The smallest absolute Gasteiger partial charge is 0.131 e.